The van der Waals surface area contributed by atoms with Gasteiger partial charge in [-0.05, 0) is 12.1 Å². The van der Waals surface area contributed by atoms with Crippen molar-refractivity contribution in [3.8, 4) is 0 Å². The largest absolute Gasteiger partial charge is 0.414 e. The Balaban J connectivity index is 0.00000121. The van der Waals surface area contributed by atoms with Gasteiger partial charge in [0, 0.05) is 0 Å². The molecule has 1 aromatic rings. The van der Waals surface area contributed by atoms with E-state index in [0.717, 1.165) is 0 Å². The first-order valence-corrected chi connectivity index (χ1v) is 3.37. The summed E-state index contributed by atoms with van der Waals surface area (Å²) in [6, 6.07) is 1.33. The number of aromatic nitrogens is 2. The maximum absolute atomic E-state index is 10.9. The van der Waals surface area contributed by atoms with Crippen LogP contribution in [0, 0.1) is 0 Å². The smallest absolute Gasteiger partial charge is 0.173 e. The summed E-state index contributed by atoms with van der Waals surface area (Å²) in [6.45, 7) is 3.71. The average molecular weight is 420 g/mol. The van der Waals surface area contributed by atoms with Crippen LogP contribution >= 0.6 is 0 Å². The van der Waals surface area contributed by atoms with Crippen LogP contribution in [0.5, 0.6) is 0 Å². The molecule has 0 aliphatic rings. The van der Waals surface area contributed by atoms with Crippen LogP contribution in [-0.2, 0) is 0 Å². The summed E-state index contributed by atoms with van der Waals surface area (Å²) in [5, 5.41) is 0. The van der Waals surface area contributed by atoms with Gasteiger partial charge in [-0.15, -0.1) is 0 Å². The normalized spacial score (nSPS) is 9.58. The Bertz CT molecular complexity index is 353. The van der Waals surface area contributed by atoms with Crippen molar-refractivity contribution in [2.45, 2.75) is 19.9 Å². The zero-order valence-corrected chi connectivity index (χ0v) is 13.5. The molecule has 5 heteroatoms. The molecule has 0 fully saturated rings. The van der Waals surface area contributed by atoms with E-state index in [1.54, 1.807) is 0 Å². The summed E-state index contributed by atoms with van der Waals surface area (Å²) >= 11 is 0. The van der Waals surface area contributed by atoms with Gasteiger partial charge in [-0.25, -0.2) is 0 Å². The van der Waals surface area contributed by atoms with E-state index in [-0.39, 0.29) is 6.04 Å². The molecule has 1 rings (SSSR count). The van der Waals surface area contributed by atoms with Crippen molar-refractivity contribution in [2.75, 3.05) is 0 Å². The molecule has 12 heavy (non-hydrogen) atoms. The van der Waals surface area contributed by atoms with Crippen molar-refractivity contribution >= 4 is 0 Å². The maximum Gasteiger partial charge on any atom is 0.173 e. The number of nitrogens with zero attached hydrogens (tertiary/aromatic N) is 2. The first-order valence-electron chi connectivity index (χ1n) is 3.37. The third kappa shape index (κ3) is 1.59. The Morgan fingerprint density at radius 1 is 1.42 bits per heavy atom. The zero-order chi connectivity index (χ0) is 8.43. The van der Waals surface area contributed by atoms with Gasteiger partial charge in [-0.1, -0.05) is 20.0 Å². The Kier molecular flexibility index (Phi) is 2.57. The standard InChI is InChI=1S/C7H10N2O2.Rf/c1-5(2)9-4-3-6(10)8-7(9)11;/h3-5H,1-2H3,(H,8,10,11);/p-1. The fraction of sp³-hybridized carbons (Fsp3) is 0.429. The summed E-state index contributed by atoms with van der Waals surface area (Å²) < 4.78 is 1.40. The summed E-state index contributed by atoms with van der Waals surface area (Å²) in [5.41, 5.74) is -0.959. The molecule has 0 saturated heterocycles. The molecule has 0 unspecified atom stereocenters. The van der Waals surface area contributed by atoms with Gasteiger partial charge in [-0.2, -0.15) is 0 Å². The molecule has 1 aromatic heterocycles. The molecule has 0 spiro atoms. The summed E-state index contributed by atoms with van der Waals surface area (Å²) in [7, 11) is 0. The Morgan fingerprint density at radius 2 is 2.00 bits per heavy atom. The molecule has 0 aliphatic carbocycles. The van der Waals surface area contributed by atoms with Crippen LogP contribution < -0.4 is 16.2 Å². The molecule has 1 heterocycles. The van der Waals surface area contributed by atoms with Crippen LogP contribution in [0.3, 0.4) is 0 Å². The fourth-order valence-corrected chi connectivity index (χ4v) is 0.790. The van der Waals surface area contributed by atoms with Crippen molar-refractivity contribution < 1.29 is 0 Å². The topological polar surface area (TPSA) is 53.2 Å². The van der Waals surface area contributed by atoms with Crippen LogP contribution in [0.4, 0.5) is 0 Å². The van der Waals surface area contributed by atoms with E-state index in [1.807, 2.05) is 13.8 Å². The monoisotopic (exact) mass is 420 g/mol. The van der Waals surface area contributed by atoms with Crippen molar-refractivity contribution in [3.05, 3.63) is 33.1 Å². The average Bonchev–Trinajstić information content (AvgIpc) is 1.85. The van der Waals surface area contributed by atoms with Gasteiger partial charge in [-0.3, -0.25) is 9.59 Å². The van der Waals surface area contributed by atoms with Gasteiger partial charge in [0.05, 0.1) is 0 Å². The van der Waals surface area contributed by atoms with Gasteiger partial charge >= 0.3 is 0 Å². The summed E-state index contributed by atoms with van der Waals surface area (Å²) in [5.74, 6) is 0. The number of hydrogen-bond donors (Lipinski definition) is 0. The van der Waals surface area contributed by atoms with Gasteiger partial charge in [0.2, 0.25) is 0 Å². The molecule has 0 aromatic carbocycles. The molecule has 0 saturated carbocycles. The van der Waals surface area contributed by atoms with E-state index >= 15 is 0 Å². The van der Waals surface area contributed by atoms with E-state index in [1.165, 1.54) is 16.8 Å². The molecule has 0 aliphatic heterocycles. The van der Waals surface area contributed by atoms with Crippen molar-refractivity contribution in [3.63, 3.8) is 0 Å². The Labute approximate surface area is 63.5 Å². The molecule has 0 atom stereocenters. The molecular formula is C7H9N2O2Rf-. The van der Waals surface area contributed by atoms with Crippen LogP contribution in [0.1, 0.15) is 19.9 Å². The first-order chi connectivity index (χ1) is 5.11. The molecular weight excluding hydrogens is 411 g/mol. The van der Waals surface area contributed by atoms with E-state index in [4.69, 9.17) is 0 Å². The van der Waals surface area contributed by atoms with E-state index < -0.39 is 11.2 Å². The van der Waals surface area contributed by atoms with Crippen LogP contribution in [-0.4, -0.2) is 4.57 Å². The van der Waals surface area contributed by atoms with Crippen LogP contribution in [0.25, 0.3) is 0 Å². The minimum Gasteiger partial charge on any atom is -0.414 e. The Hall–Kier alpha value is -2.32. The zero-order valence-electron chi connectivity index (χ0n) is 7.15. The minimum atomic E-state index is -0.480. The maximum atomic E-state index is 10.9. The minimum absolute atomic E-state index is 0. The van der Waals surface area contributed by atoms with E-state index in [9.17, 15) is 9.59 Å². The van der Waals surface area contributed by atoms with Gasteiger partial charge in [0.25, 0.3) is 0 Å². The predicted octanol–water partition coefficient (Wildman–Crippen LogP) is -0.253. The summed E-state index contributed by atoms with van der Waals surface area (Å²) in [4.78, 5) is 24.7. The SMILES string of the molecule is CC(C)n1ccc(=O)[n-]c1=O.[Rf]. The fourth-order valence-electron chi connectivity index (χ4n) is 0.790. The van der Waals surface area contributed by atoms with Gasteiger partial charge in [0.15, 0.2) is 11.2 Å². The summed E-state index contributed by atoms with van der Waals surface area (Å²) in [6.07, 6.45) is 1.46. The second-order valence-electron chi connectivity index (χ2n) is 2.55. The third-order valence-corrected chi connectivity index (χ3v) is 1.36. The predicted molar refractivity (Wildman–Crippen MR) is 40.7 cm³/mol. The first kappa shape index (κ1) is 9.68. The molecule has 0 amide bonds. The molecule has 0 N–H and O–H groups in total. The van der Waals surface area contributed by atoms with E-state index in [2.05, 4.69) is 4.98 Å². The van der Waals surface area contributed by atoms with E-state index in [0.29, 0.717) is 0 Å². The molecule has 0 bridgehead atoms. The third-order valence-electron chi connectivity index (χ3n) is 1.36. The van der Waals surface area contributed by atoms with Crippen molar-refractivity contribution in [2.24, 2.45) is 0 Å². The number of rotatable bonds is 1. The van der Waals surface area contributed by atoms with Crippen LogP contribution in [0.2, 0.25) is 0 Å². The Morgan fingerprint density at radius 3 is 2.42 bits per heavy atom. The van der Waals surface area contributed by atoms with Crippen LogP contribution in [0.15, 0.2) is 21.9 Å². The quantitative estimate of drug-likeness (QED) is 0.630. The van der Waals surface area contributed by atoms with Crippen molar-refractivity contribution in [1.29, 1.82) is 0 Å². The van der Waals surface area contributed by atoms with Crippen molar-refractivity contribution in [1.82, 2.24) is 9.55 Å². The number of hydrogen-bond acceptors (Lipinski definition) is 2. The molecule has 4 nitrogen and oxygen atoms in total. The van der Waals surface area contributed by atoms with Gasteiger partial charge < -0.3 is 9.55 Å². The second kappa shape index (κ2) is 3.18. The molecule has 0 radical (unpaired) electrons. The second-order valence-corrected chi connectivity index (χ2v) is 2.55. The van der Waals surface area contributed by atoms with Gasteiger partial charge in [0.1, 0.15) is 0 Å². The molecule has 62 valence electrons.